The normalized spacial score (nSPS) is 17.8. The van der Waals surface area contributed by atoms with Crippen LogP contribution in [0.5, 0.6) is 0 Å². The van der Waals surface area contributed by atoms with Gasteiger partial charge in [-0.05, 0) is 19.3 Å². The minimum absolute atomic E-state index is 1.04. The number of hydrogen-bond acceptors (Lipinski definition) is 0. The summed E-state index contributed by atoms with van der Waals surface area (Å²) in [7, 11) is 0. The zero-order valence-corrected chi connectivity index (χ0v) is 7.89. The molecule has 1 aliphatic carbocycles. The van der Waals surface area contributed by atoms with Gasteiger partial charge in [0.15, 0.2) is 0 Å². The van der Waals surface area contributed by atoms with Crippen molar-refractivity contribution in [1.82, 2.24) is 0 Å². The minimum Gasteiger partial charge on any atom is -0.0879 e. The highest BCUT2D eigenvalue weighted by Gasteiger charge is 1.76. The predicted molar refractivity (Wildman–Crippen MR) is 59.6 cm³/mol. The van der Waals surface area contributed by atoms with E-state index in [1.54, 1.807) is 0 Å². The van der Waals surface area contributed by atoms with Gasteiger partial charge in [0.25, 0.3) is 0 Å². The molecule has 0 aromatic heterocycles. The van der Waals surface area contributed by atoms with Gasteiger partial charge in [0.1, 0.15) is 0 Å². The maximum Gasteiger partial charge on any atom is -0.0166 e. The van der Waals surface area contributed by atoms with E-state index in [4.69, 9.17) is 0 Å². The molecule has 0 saturated heterocycles. The van der Waals surface area contributed by atoms with Crippen molar-refractivity contribution in [1.29, 1.82) is 0 Å². The average Bonchev–Trinajstić information content (AvgIpc) is 2.18. The van der Waals surface area contributed by atoms with Crippen molar-refractivity contribution >= 4 is 0 Å². The molecule has 1 aliphatic rings. The van der Waals surface area contributed by atoms with Gasteiger partial charge in [0.2, 0.25) is 0 Å². The van der Waals surface area contributed by atoms with Gasteiger partial charge in [0, 0.05) is 0 Å². The molecule has 0 fully saturated rings. The summed E-state index contributed by atoms with van der Waals surface area (Å²) in [5.41, 5.74) is 0. The van der Waals surface area contributed by atoms with E-state index in [1.165, 1.54) is 0 Å². The maximum atomic E-state index is 2.24. The van der Waals surface area contributed by atoms with Gasteiger partial charge >= 0.3 is 0 Å². The molecule has 0 spiro atoms. The molecule has 0 aromatic carbocycles. The Morgan fingerprint density at radius 3 is 1.92 bits per heavy atom. The molecule has 1 rings (SSSR count). The Balaban J connectivity index is 2.50. The lowest BCUT2D eigenvalue weighted by Gasteiger charge is -1.84. The zero-order valence-electron chi connectivity index (χ0n) is 7.89. The van der Waals surface area contributed by atoms with E-state index in [2.05, 4.69) is 48.6 Å². The smallest absolute Gasteiger partial charge is 0.0166 e. The molecule has 0 nitrogen and oxygen atoms in total. The molecule has 0 saturated carbocycles. The number of hydrogen-bond donors (Lipinski definition) is 0. The SMILES string of the molecule is C1=CC=CCC=CCCC=CC=C1. The molecule has 13 heavy (non-hydrogen) atoms. The van der Waals surface area contributed by atoms with Crippen molar-refractivity contribution in [2.24, 2.45) is 0 Å². The van der Waals surface area contributed by atoms with Crippen molar-refractivity contribution in [2.75, 3.05) is 0 Å². The highest BCUT2D eigenvalue weighted by molar-refractivity contribution is 5.16. The summed E-state index contributed by atoms with van der Waals surface area (Å²) in [5.74, 6) is 0. The molecule has 0 N–H and O–H groups in total. The first-order valence-electron chi connectivity index (χ1n) is 4.80. The highest BCUT2D eigenvalue weighted by atomic mass is 13.8. The van der Waals surface area contributed by atoms with Crippen LogP contribution in [0.15, 0.2) is 60.8 Å². The summed E-state index contributed by atoms with van der Waals surface area (Å²) < 4.78 is 0. The Morgan fingerprint density at radius 2 is 1.08 bits per heavy atom. The van der Waals surface area contributed by atoms with Crippen molar-refractivity contribution in [3.8, 4) is 0 Å². The van der Waals surface area contributed by atoms with Crippen LogP contribution in [0, 0.1) is 0 Å². The van der Waals surface area contributed by atoms with Crippen LogP contribution >= 0.6 is 0 Å². The Morgan fingerprint density at radius 1 is 0.462 bits per heavy atom. The van der Waals surface area contributed by atoms with Crippen LogP contribution in [0.25, 0.3) is 0 Å². The summed E-state index contributed by atoms with van der Waals surface area (Å²) in [5, 5.41) is 0. The topological polar surface area (TPSA) is 0 Å². The first-order chi connectivity index (χ1) is 6.50. The second-order valence-corrected chi connectivity index (χ2v) is 2.91. The van der Waals surface area contributed by atoms with Gasteiger partial charge in [-0.2, -0.15) is 0 Å². The van der Waals surface area contributed by atoms with Gasteiger partial charge in [0.05, 0.1) is 0 Å². The minimum atomic E-state index is 1.04. The Kier molecular flexibility index (Phi) is 5.54. The van der Waals surface area contributed by atoms with Gasteiger partial charge < -0.3 is 0 Å². The molecule has 0 heterocycles. The van der Waals surface area contributed by atoms with E-state index >= 15 is 0 Å². The quantitative estimate of drug-likeness (QED) is 0.485. The van der Waals surface area contributed by atoms with Crippen molar-refractivity contribution < 1.29 is 0 Å². The summed E-state index contributed by atoms with van der Waals surface area (Å²) in [6.45, 7) is 0. The van der Waals surface area contributed by atoms with Gasteiger partial charge in [-0.15, -0.1) is 0 Å². The van der Waals surface area contributed by atoms with Crippen molar-refractivity contribution in [3.05, 3.63) is 60.8 Å². The fourth-order valence-electron chi connectivity index (χ4n) is 1.07. The molecule has 0 atom stereocenters. The van der Waals surface area contributed by atoms with E-state index in [0.29, 0.717) is 0 Å². The van der Waals surface area contributed by atoms with Crippen LogP contribution in [0.1, 0.15) is 19.3 Å². The molecule has 0 amide bonds. The second-order valence-electron chi connectivity index (χ2n) is 2.91. The van der Waals surface area contributed by atoms with Gasteiger partial charge in [-0.1, -0.05) is 60.8 Å². The molecule has 68 valence electrons. The van der Waals surface area contributed by atoms with Crippen LogP contribution in [0.3, 0.4) is 0 Å². The zero-order chi connectivity index (χ0) is 9.19. The molecule has 0 unspecified atom stereocenters. The van der Waals surface area contributed by atoms with Gasteiger partial charge in [-0.3, -0.25) is 0 Å². The van der Waals surface area contributed by atoms with Crippen molar-refractivity contribution in [3.63, 3.8) is 0 Å². The Labute approximate surface area is 80.7 Å². The first kappa shape index (κ1) is 9.79. The summed E-state index contributed by atoms with van der Waals surface area (Å²) in [4.78, 5) is 0. The summed E-state index contributed by atoms with van der Waals surface area (Å²) in [6.07, 6.45) is 24.5. The summed E-state index contributed by atoms with van der Waals surface area (Å²) >= 11 is 0. The Hall–Kier alpha value is -1.30. The third-order valence-electron chi connectivity index (χ3n) is 1.77. The molecule has 0 bridgehead atoms. The lowest BCUT2D eigenvalue weighted by molar-refractivity contribution is 1.04. The van der Waals surface area contributed by atoms with Gasteiger partial charge in [-0.25, -0.2) is 0 Å². The third-order valence-corrected chi connectivity index (χ3v) is 1.77. The fraction of sp³-hybridized carbons (Fsp3) is 0.231. The van der Waals surface area contributed by atoms with Crippen LogP contribution in [-0.4, -0.2) is 0 Å². The van der Waals surface area contributed by atoms with Crippen LogP contribution < -0.4 is 0 Å². The Bertz CT molecular complexity index is 249. The lowest BCUT2D eigenvalue weighted by Crippen LogP contribution is -1.64. The largest absolute Gasteiger partial charge is 0.0879 e. The van der Waals surface area contributed by atoms with Crippen molar-refractivity contribution in [2.45, 2.75) is 19.3 Å². The molecule has 0 heteroatoms. The predicted octanol–water partition coefficient (Wildman–Crippen LogP) is 3.95. The highest BCUT2D eigenvalue weighted by Crippen LogP contribution is 1.96. The monoisotopic (exact) mass is 172 g/mol. The van der Waals surface area contributed by atoms with Crippen LogP contribution in [-0.2, 0) is 0 Å². The first-order valence-corrected chi connectivity index (χ1v) is 4.80. The third kappa shape index (κ3) is 5.92. The molecule has 0 radical (unpaired) electrons. The maximum absolute atomic E-state index is 2.24. The summed E-state index contributed by atoms with van der Waals surface area (Å²) in [6, 6.07) is 0. The molecular formula is C13H16. The fourth-order valence-corrected chi connectivity index (χ4v) is 1.07. The molecule has 0 aromatic rings. The average molecular weight is 172 g/mol. The van der Waals surface area contributed by atoms with E-state index in [0.717, 1.165) is 19.3 Å². The number of allylic oxidation sites excluding steroid dienone is 10. The number of rotatable bonds is 0. The molecule has 0 aliphatic heterocycles. The van der Waals surface area contributed by atoms with E-state index in [1.807, 2.05) is 12.2 Å². The second kappa shape index (κ2) is 7.35. The standard InChI is InChI=1S/C13H16/c1-2-4-6-8-10-12-13-11-9-7-5-3-1/h1-8,11,13H,9-10,12H2. The lowest BCUT2D eigenvalue weighted by atomic mass is 10.2. The van der Waals surface area contributed by atoms with E-state index < -0.39 is 0 Å². The molecular weight excluding hydrogens is 156 g/mol. The van der Waals surface area contributed by atoms with E-state index in [-0.39, 0.29) is 0 Å². The van der Waals surface area contributed by atoms with Crippen LogP contribution in [0.2, 0.25) is 0 Å². The van der Waals surface area contributed by atoms with Crippen LogP contribution in [0.4, 0.5) is 0 Å². The van der Waals surface area contributed by atoms with E-state index in [9.17, 15) is 0 Å².